The van der Waals surface area contributed by atoms with E-state index in [4.69, 9.17) is 4.74 Å². The SMILES string of the molecule is Cc1cccc(OC2CN(c3nnc(C(C)C)s3)C2)c1. The quantitative estimate of drug-likeness (QED) is 0.866. The minimum atomic E-state index is 0.253. The third-order valence-electron chi connectivity index (χ3n) is 3.33. The Hall–Kier alpha value is -1.62. The molecular weight excluding hydrogens is 270 g/mol. The van der Waals surface area contributed by atoms with Gasteiger partial charge in [-0.3, -0.25) is 0 Å². The van der Waals surface area contributed by atoms with Crippen molar-refractivity contribution >= 4 is 16.5 Å². The van der Waals surface area contributed by atoms with Gasteiger partial charge in [0.1, 0.15) is 16.9 Å². The van der Waals surface area contributed by atoms with Gasteiger partial charge in [0.2, 0.25) is 5.13 Å². The van der Waals surface area contributed by atoms with Gasteiger partial charge in [-0.2, -0.15) is 0 Å². The fourth-order valence-corrected chi connectivity index (χ4v) is 3.00. The molecule has 5 heteroatoms. The van der Waals surface area contributed by atoms with Crippen LogP contribution in [0.2, 0.25) is 0 Å². The van der Waals surface area contributed by atoms with Gasteiger partial charge < -0.3 is 9.64 Å². The number of rotatable bonds is 4. The molecule has 0 unspecified atom stereocenters. The Morgan fingerprint density at radius 3 is 2.75 bits per heavy atom. The van der Waals surface area contributed by atoms with Gasteiger partial charge in [-0.1, -0.05) is 37.3 Å². The second-order valence-corrected chi connectivity index (χ2v) is 6.53. The number of ether oxygens (including phenoxy) is 1. The van der Waals surface area contributed by atoms with Crippen LogP contribution in [0.25, 0.3) is 0 Å². The van der Waals surface area contributed by atoms with Crippen LogP contribution in [0.1, 0.15) is 30.3 Å². The highest BCUT2D eigenvalue weighted by Gasteiger charge is 2.31. The van der Waals surface area contributed by atoms with Gasteiger partial charge in [0, 0.05) is 5.92 Å². The van der Waals surface area contributed by atoms with Crippen molar-refractivity contribution in [2.45, 2.75) is 32.8 Å². The van der Waals surface area contributed by atoms with Crippen LogP contribution < -0.4 is 9.64 Å². The molecule has 0 spiro atoms. The van der Waals surface area contributed by atoms with Gasteiger partial charge in [0.25, 0.3) is 0 Å². The van der Waals surface area contributed by atoms with Crippen LogP contribution >= 0.6 is 11.3 Å². The van der Waals surface area contributed by atoms with Gasteiger partial charge in [-0.25, -0.2) is 0 Å². The third-order valence-corrected chi connectivity index (χ3v) is 4.62. The number of aromatic nitrogens is 2. The average molecular weight is 289 g/mol. The first-order chi connectivity index (χ1) is 9.61. The lowest BCUT2D eigenvalue weighted by Gasteiger charge is -2.38. The number of aryl methyl sites for hydroxylation is 1. The van der Waals surface area contributed by atoms with Crippen molar-refractivity contribution in [1.82, 2.24) is 10.2 Å². The molecule has 4 nitrogen and oxygen atoms in total. The van der Waals surface area contributed by atoms with E-state index in [1.807, 2.05) is 12.1 Å². The predicted molar refractivity (Wildman–Crippen MR) is 81.8 cm³/mol. The lowest BCUT2D eigenvalue weighted by atomic mass is 10.2. The molecule has 0 saturated carbocycles. The van der Waals surface area contributed by atoms with Gasteiger partial charge in [0.15, 0.2) is 0 Å². The minimum Gasteiger partial charge on any atom is -0.487 e. The highest BCUT2D eigenvalue weighted by Crippen LogP contribution is 2.29. The Labute approximate surface area is 123 Å². The van der Waals surface area contributed by atoms with Crippen LogP contribution in [-0.2, 0) is 0 Å². The lowest BCUT2D eigenvalue weighted by Crippen LogP contribution is -2.54. The number of nitrogens with zero attached hydrogens (tertiary/aromatic N) is 3. The standard InChI is InChI=1S/C15H19N3OS/c1-10(2)14-16-17-15(20-14)18-8-13(9-18)19-12-6-4-5-11(3)7-12/h4-7,10,13H,8-9H2,1-3H3. The highest BCUT2D eigenvalue weighted by atomic mass is 32.1. The normalized spacial score (nSPS) is 15.5. The van der Waals surface area contributed by atoms with Crippen LogP contribution in [0.3, 0.4) is 0 Å². The number of hydrogen-bond acceptors (Lipinski definition) is 5. The topological polar surface area (TPSA) is 38.2 Å². The zero-order valence-electron chi connectivity index (χ0n) is 12.0. The van der Waals surface area contributed by atoms with E-state index in [1.165, 1.54) is 5.56 Å². The van der Waals surface area contributed by atoms with E-state index in [0.717, 1.165) is 29.0 Å². The van der Waals surface area contributed by atoms with Crippen molar-refractivity contribution in [3.8, 4) is 5.75 Å². The largest absolute Gasteiger partial charge is 0.487 e. The van der Waals surface area contributed by atoms with Crippen LogP contribution in [-0.4, -0.2) is 29.4 Å². The smallest absolute Gasteiger partial charge is 0.208 e. The van der Waals surface area contributed by atoms with Crippen LogP contribution in [0, 0.1) is 6.92 Å². The molecule has 2 aromatic rings. The molecule has 20 heavy (non-hydrogen) atoms. The summed E-state index contributed by atoms with van der Waals surface area (Å²) in [7, 11) is 0. The molecule has 0 radical (unpaired) electrons. The molecular formula is C15H19N3OS. The molecule has 1 aromatic carbocycles. The summed E-state index contributed by atoms with van der Waals surface area (Å²) in [4.78, 5) is 2.23. The van der Waals surface area contributed by atoms with Crippen molar-refractivity contribution in [2.75, 3.05) is 18.0 Å². The van der Waals surface area contributed by atoms with E-state index in [0.29, 0.717) is 5.92 Å². The van der Waals surface area contributed by atoms with E-state index in [9.17, 15) is 0 Å². The van der Waals surface area contributed by atoms with Gasteiger partial charge >= 0.3 is 0 Å². The van der Waals surface area contributed by atoms with Crippen molar-refractivity contribution < 1.29 is 4.74 Å². The Morgan fingerprint density at radius 1 is 1.30 bits per heavy atom. The van der Waals surface area contributed by atoms with Crippen molar-refractivity contribution in [3.63, 3.8) is 0 Å². The Balaban J connectivity index is 1.55. The summed E-state index contributed by atoms with van der Waals surface area (Å²) in [6.07, 6.45) is 0.253. The Kier molecular flexibility index (Phi) is 3.61. The number of anilines is 1. The molecule has 0 aliphatic carbocycles. The summed E-state index contributed by atoms with van der Waals surface area (Å²) < 4.78 is 5.95. The molecule has 1 aliphatic heterocycles. The lowest BCUT2D eigenvalue weighted by molar-refractivity contribution is 0.167. The Morgan fingerprint density at radius 2 is 2.10 bits per heavy atom. The summed E-state index contributed by atoms with van der Waals surface area (Å²) in [5.74, 6) is 1.40. The maximum absolute atomic E-state index is 5.95. The van der Waals surface area contributed by atoms with Crippen molar-refractivity contribution in [2.24, 2.45) is 0 Å². The second-order valence-electron chi connectivity index (χ2n) is 5.54. The molecule has 1 fully saturated rings. The summed E-state index contributed by atoms with van der Waals surface area (Å²) in [5.41, 5.74) is 1.23. The maximum Gasteiger partial charge on any atom is 0.208 e. The van der Waals surface area contributed by atoms with E-state index >= 15 is 0 Å². The van der Waals surface area contributed by atoms with Crippen LogP contribution in [0.5, 0.6) is 5.75 Å². The first kappa shape index (κ1) is 13.4. The molecule has 106 valence electrons. The molecule has 0 N–H and O–H groups in total. The van der Waals surface area contributed by atoms with E-state index in [-0.39, 0.29) is 6.10 Å². The number of hydrogen-bond donors (Lipinski definition) is 0. The van der Waals surface area contributed by atoms with Gasteiger partial charge in [-0.05, 0) is 24.6 Å². The maximum atomic E-state index is 5.95. The molecule has 2 heterocycles. The van der Waals surface area contributed by atoms with E-state index in [1.54, 1.807) is 11.3 Å². The van der Waals surface area contributed by atoms with Crippen LogP contribution in [0.4, 0.5) is 5.13 Å². The zero-order chi connectivity index (χ0) is 14.1. The average Bonchev–Trinajstić information content (AvgIpc) is 2.82. The highest BCUT2D eigenvalue weighted by molar-refractivity contribution is 7.15. The van der Waals surface area contributed by atoms with E-state index in [2.05, 4.69) is 48.0 Å². The fraction of sp³-hybridized carbons (Fsp3) is 0.467. The summed E-state index contributed by atoms with van der Waals surface area (Å²) in [6, 6.07) is 8.19. The summed E-state index contributed by atoms with van der Waals surface area (Å²) >= 11 is 1.68. The van der Waals surface area contributed by atoms with Crippen molar-refractivity contribution in [1.29, 1.82) is 0 Å². The molecule has 1 aromatic heterocycles. The Bertz CT molecular complexity index is 590. The fourth-order valence-electron chi connectivity index (χ4n) is 2.14. The van der Waals surface area contributed by atoms with Crippen molar-refractivity contribution in [3.05, 3.63) is 34.8 Å². The molecule has 0 bridgehead atoms. The molecule has 0 amide bonds. The zero-order valence-corrected chi connectivity index (χ0v) is 12.9. The molecule has 3 rings (SSSR count). The van der Waals surface area contributed by atoms with Gasteiger partial charge in [-0.15, -0.1) is 10.2 Å². The molecule has 0 atom stereocenters. The third kappa shape index (κ3) is 2.77. The predicted octanol–water partition coefficient (Wildman–Crippen LogP) is 3.24. The second kappa shape index (κ2) is 5.40. The number of benzene rings is 1. The molecule has 1 aliphatic rings. The molecule has 1 saturated heterocycles. The first-order valence-electron chi connectivity index (χ1n) is 6.93. The summed E-state index contributed by atoms with van der Waals surface area (Å²) in [6.45, 7) is 8.14. The van der Waals surface area contributed by atoms with E-state index < -0.39 is 0 Å². The van der Waals surface area contributed by atoms with Crippen LogP contribution in [0.15, 0.2) is 24.3 Å². The monoisotopic (exact) mass is 289 g/mol. The first-order valence-corrected chi connectivity index (χ1v) is 7.75. The van der Waals surface area contributed by atoms with Gasteiger partial charge in [0.05, 0.1) is 13.1 Å². The summed E-state index contributed by atoms with van der Waals surface area (Å²) in [5, 5.41) is 10.6. The minimum absolute atomic E-state index is 0.253.